The van der Waals surface area contributed by atoms with Gasteiger partial charge in [-0.1, -0.05) is 6.07 Å². The Morgan fingerprint density at radius 3 is 2.03 bits per heavy atom. The standard InChI is InChI=1S/C21H25F3N2O6S2/c1-20(33(2,28)29,34(3,30)31)10-11-26-13-14-4-9-18(17(12-14)21(22,23)24)32-16-7-5-15(6-8-16)19(25)27/h4-9,12,26H,10-11,13H2,1-3H3,(H2,25,27). The zero-order chi connectivity index (χ0) is 25.9. The van der Waals surface area contributed by atoms with Gasteiger partial charge in [-0.25, -0.2) is 16.8 Å². The van der Waals surface area contributed by atoms with Gasteiger partial charge >= 0.3 is 6.18 Å². The Balaban J connectivity index is 2.17. The third-order valence-corrected chi connectivity index (χ3v) is 10.7. The third kappa shape index (κ3) is 6.48. The van der Waals surface area contributed by atoms with Crippen molar-refractivity contribution in [3.8, 4) is 11.5 Å². The number of halogens is 3. The highest BCUT2D eigenvalue weighted by Crippen LogP contribution is 2.39. The van der Waals surface area contributed by atoms with Crippen molar-refractivity contribution in [1.82, 2.24) is 5.32 Å². The molecule has 2 aromatic rings. The van der Waals surface area contributed by atoms with Crippen molar-refractivity contribution in [2.75, 3.05) is 19.1 Å². The van der Waals surface area contributed by atoms with Gasteiger partial charge in [0.2, 0.25) is 5.91 Å². The number of primary amides is 1. The second-order valence-corrected chi connectivity index (χ2v) is 13.1. The van der Waals surface area contributed by atoms with Gasteiger partial charge in [0.15, 0.2) is 23.8 Å². The number of hydrogen-bond acceptors (Lipinski definition) is 7. The average molecular weight is 523 g/mol. The Hall–Kier alpha value is -2.64. The Morgan fingerprint density at radius 1 is 1.00 bits per heavy atom. The molecule has 0 aliphatic heterocycles. The molecule has 3 N–H and O–H groups in total. The van der Waals surface area contributed by atoms with Crippen molar-refractivity contribution < 1.29 is 39.5 Å². The number of carbonyl (C=O) groups excluding carboxylic acids is 1. The van der Waals surface area contributed by atoms with E-state index in [1.165, 1.54) is 30.3 Å². The molecule has 1 amide bonds. The van der Waals surface area contributed by atoms with Gasteiger partial charge in [-0.3, -0.25) is 4.79 Å². The van der Waals surface area contributed by atoms with Gasteiger partial charge in [0.1, 0.15) is 11.5 Å². The molecule has 188 valence electrons. The smallest absolute Gasteiger partial charge is 0.419 e. The first-order valence-electron chi connectivity index (χ1n) is 9.83. The van der Waals surface area contributed by atoms with Crippen LogP contribution in [0.4, 0.5) is 13.2 Å². The molecule has 0 radical (unpaired) electrons. The number of ether oxygens (including phenoxy) is 1. The topological polar surface area (TPSA) is 133 Å². The number of rotatable bonds is 10. The molecular weight excluding hydrogens is 497 g/mol. The molecule has 0 heterocycles. The Bertz CT molecular complexity index is 1230. The molecule has 2 rings (SSSR count). The summed E-state index contributed by atoms with van der Waals surface area (Å²) >= 11 is 0. The fourth-order valence-corrected chi connectivity index (χ4v) is 6.15. The molecule has 0 aliphatic carbocycles. The summed E-state index contributed by atoms with van der Waals surface area (Å²) in [4.78, 5) is 11.1. The van der Waals surface area contributed by atoms with E-state index in [1.54, 1.807) is 0 Å². The minimum Gasteiger partial charge on any atom is -0.457 e. The second-order valence-electron chi connectivity index (χ2n) is 7.92. The fraction of sp³-hybridized carbons (Fsp3) is 0.381. The number of hydrogen-bond donors (Lipinski definition) is 2. The zero-order valence-electron chi connectivity index (χ0n) is 18.6. The summed E-state index contributed by atoms with van der Waals surface area (Å²) < 4.78 is 92.1. The van der Waals surface area contributed by atoms with E-state index in [-0.39, 0.29) is 36.4 Å². The maximum Gasteiger partial charge on any atom is 0.419 e. The summed E-state index contributed by atoms with van der Waals surface area (Å²) in [5.74, 6) is -1.07. The van der Waals surface area contributed by atoms with Gasteiger partial charge in [0, 0.05) is 24.6 Å². The molecule has 0 saturated heterocycles. The zero-order valence-corrected chi connectivity index (χ0v) is 20.3. The summed E-state index contributed by atoms with van der Waals surface area (Å²) in [7, 11) is -7.91. The molecule has 0 bridgehead atoms. The number of sulfone groups is 2. The van der Waals surface area contributed by atoms with Gasteiger partial charge in [-0.2, -0.15) is 13.2 Å². The average Bonchev–Trinajstić information content (AvgIpc) is 2.69. The van der Waals surface area contributed by atoms with Crippen LogP contribution in [0, 0.1) is 0 Å². The molecule has 0 atom stereocenters. The molecule has 8 nitrogen and oxygen atoms in total. The summed E-state index contributed by atoms with van der Waals surface area (Å²) in [5, 5.41) is 2.79. The maximum atomic E-state index is 13.6. The molecule has 0 unspecified atom stereocenters. The third-order valence-electron chi connectivity index (χ3n) is 5.37. The number of nitrogens with one attached hydrogen (secondary N) is 1. The first-order chi connectivity index (χ1) is 15.5. The summed E-state index contributed by atoms with van der Waals surface area (Å²) in [5.41, 5.74) is 4.50. The van der Waals surface area contributed by atoms with E-state index in [9.17, 15) is 34.8 Å². The van der Waals surface area contributed by atoms with Crippen LogP contribution in [0.15, 0.2) is 42.5 Å². The SMILES string of the molecule is CC(CCNCc1ccc(Oc2ccc(C(N)=O)cc2)c(C(F)(F)F)c1)(S(C)(=O)=O)S(C)(=O)=O. The van der Waals surface area contributed by atoms with Gasteiger partial charge < -0.3 is 15.8 Å². The molecule has 0 aliphatic rings. The van der Waals surface area contributed by atoms with Crippen molar-refractivity contribution in [2.45, 2.75) is 30.1 Å². The van der Waals surface area contributed by atoms with Crippen LogP contribution in [0.3, 0.4) is 0 Å². The molecule has 0 spiro atoms. The Kier molecular flexibility index (Phi) is 8.05. The first kappa shape index (κ1) is 27.6. The minimum absolute atomic E-state index is 0.0670. The van der Waals surface area contributed by atoms with E-state index in [0.717, 1.165) is 31.6 Å². The largest absolute Gasteiger partial charge is 0.457 e. The van der Waals surface area contributed by atoms with Crippen LogP contribution < -0.4 is 15.8 Å². The van der Waals surface area contributed by atoms with E-state index in [0.29, 0.717) is 0 Å². The molecule has 13 heteroatoms. The number of alkyl halides is 3. The lowest BCUT2D eigenvalue weighted by Gasteiger charge is -2.25. The Morgan fingerprint density at radius 2 is 1.56 bits per heavy atom. The normalized spacial score (nSPS) is 13.0. The molecule has 0 saturated carbocycles. The summed E-state index contributed by atoms with van der Waals surface area (Å²) in [6.45, 7) is 0.964. The van der Waals surface area contributed by atoms with E-state index in [1.807, 2.05) is 0 Å². The van der Waals surface area contributed by atoms with Crippen LogP contribution in [0.2, 0.25) is 0 Å². The van der Waals surface area contributed by atoms with Crippen LogP contribution in [0.5, 0.6) is 11.5 Å². The fourth-order valence-electron chi connectivity index (χ4n) is 3.01. The van der Waals surface area contributed by atoms with Gasteiger partial charge in [0.05, 0.1) is 5.56 Å². The van der Waals surface area contributed by atoms with E-state index in [2.05, 4.69) is 5.32 Å². The minimum atomic E-state index is -4.73. The number of amides is 1. The predicted octanol–water partition coefficient (Wildman–Crippen LogP) is 2.88. The number of nitrogens with two attached hydrogens (primary N) is 1. The highest BCUT2D eigenvalue weighted by Gasteiger charge is 2.45. The van der Waals surface area contributed by atoms with Crippen LogP contribution >= 0.6 is 0 Å². The summed E-state index contributed by atoms with van der Waals surface area (Å²) in [6.07, 6.45) is -3.36. The molecule has 0 fully saturated rings. The van der Waals surface area contributed by atoms with Gasteiger partial charge in [-0.05, 0) is 61.9 Å². The maximum absolute atomic E-state index is 13.6. The quantitative estimate of drug-likeness (QED) is 0.459. The predicted molar refractivity (Wildman–Crippen MR) is 121 cm³/mol. The van der Waals surface area contributed by atoms with E-state index >= 15 is 0 Å². The van der Waals surface area contributed by atoms with Crippen molar-refractivity contribution in [3.63, 3.8) is 0 Å². The lowest BCUT2D eigenvalue weighted by molar-refractivity contribution is -0.138. The lowest BCUT2D eigenvalue weighted by Crippen LogP contribution is -2.44. The van der Waals surface area contributed by atoms with Gasteiger partial charge in [-0.15, -0.1) is 0 Å². The Labute approximate surface area is 196 Å². The van der Waals surface area contributed by atoms with Crippen molar-refractivity contribution in [2.24, 2.45) is 5.73 Å². The highest BCUT2D eigenvalue weighted by atomic mass is 32.3. The van der Waals surface area contributed by atoms with Crippen LogP contribution in [-0.4, -0.2) is 45.9 Å². The molecule has 34 heavy (non-hydrogen) atoms. The monoisotopic (exact) mass is 522 g/mol. The highest BCUT2D eigenvalue weighted by molar-refractivity contribution is 8.09. The lowest BCUT2D eigenvalue weighted by atomic mass is 10.1. The van der Waals surface area contributed by atoms with Crippen LogP contribution in [0.25, 0.3) is 0 Å². The van der Waals surface area contributed by atoms with Crippen molar-refractivity contribution >= 4 is 25.6 Å². The second kappa shape index (κ2) is 9.92. The van der Waals surface area contributed by atoms with Crippen LogP contribution in [-0.2, 0) is 32.4 Å². The molecule has 2 aromatic carbocycles. The van der Waals surface area contributed by atoms with Crippen LogP contribution in [0.1, 0.15) is 34.8 Å². The summed E-state index contributed by atoms with van der Waals surface area (Å²) in [6, 6.07) is 8.69. The van der Waals surface area contributed by atoms with Gasteiger partial charge in [0.25, 0.3) is 0 Å². The first-order valence-corrected chi connectivity index (χ1v) is 13.6. The number of carbonyl (C=O) groups is 1. The van der Waals surface area contributed by atoms with E-state index in [4.69, 9.17) is 10.5 Å². The van der Waals surface area contributed by atoms with Crippen molar-refractivity contribution in [3.05, 3.63) is 59.2 Å². The number of benzene rings is 2. The van der Waals surface area contributed by atoms with Crippen molar-refractivity contribution in [1.29, 1.82) is 0 Å². The van der Waals surface area contributed by atoms with E-state index < -0.39 is 47.2 Å². The molecule has 0 aromatic heterocycles. The molecular formula is C21H25F3N2O6S2.